The zero-order valence-corrected chi connectivity index (χ0v) is 19.4. The molecule has 1 amide bonds. The van der Waals surface area contributed by atoms with Gasteiger partial charge in [-0.15, -0.1) is 0 Å². The first-order valence-electron chi connectivity index (χ1n) is 10.6. The number of carbonyl (C=O) groups is 1. The van der Waals surface area contributed by atoms with E-state index in [1.807, 2.05) is 83.1 Å². The molecular formula is C25H32N4O3. The molecule has 0 aliphatic carbocycles. The summed E-state index contributed by atoms with van der Waals surface area (Å²) in [6.45, 7) is 10.3. The van der Waals surface area contributed by atoms with E-state index >= 15 is 0 Å². The summed E-state index contributed by atoms with van der Waals surface area (Å²) in [6.07, 6.45) is 1.16. The van der Waals surface area contributed by atoms with E-state index < -0.39 is 11.7 Å². The van der Waals surface area contributed by atoms with E-state index in [2.05, 4.69) is 15.6 Å². The molecule has 32 heavy (non-hydrogen) atoms. The number of nitrogens with zero attached hydrogens (tertiary/aromatic N) is 1. The van der Waals surface area contributed by atoms with Crippen LogP contribution >= 0.6 is 0 Å². The Kier molecular flexibility index (Phi) is 6.77. The van der Waals surface area contributed by atoms with Gasteiger partial charge in [0, 0.05) is 17.0 Å². The molecule has 0 spiro atoms. The first-order chi connectivity index (χ1) is 15.0. The van der Waals surface area contributed by atoms with Crippen molar-refractivity contribution >= 4 is 28.4 Å². The van der Waals surface area contributed by atoms with Crippen LogP contribution < -0.4 is 21.1 Å². The standard InChI is InChI=1S/C25H32N4O3/c1-24(2,3)29-23(30)32-25(4,5)16-28-22-19-12-11-18(13-21(19)27-14-20(22)26)31-15-17-9-7-6-8-10-17/h6-14H,15-16,26H2,1-5H3,(H,27,28)(H,29,30). The van der Waals surface area contributed by atoms with Gasteiger partial charge in [-0.2, -0.15) is 0 Å². The molecule has 3 aromatic rings. The SMILES string of the molecule is CC(C)(C)NC(=O)OC(C)(C)CNc1c(N)cnc2cc(OCc3ccccc3)ccc12. The largest absolute Gasteiger partial charge is 0.489 e. The number of pyridine rings is 1. The molecular weight excluding hydrogens is 404 g/mol. The van der Waals surface area contributed by atoms with Gasteiger partial charge in [-0.1, -0.05) is 30.3 Å². The third kappa shape index (κ3) is 6.51. The molecule has 0 bridgehead atoms. The molecule has 0 aliphatic heterocycles. The predicted octanol–water partition coefficient (Wildman–Crippen LogP) is 5.11. The Morgan fingerprint density at radius 1 is 1.06 bits per heavy atom. The molecule has 0 saturated heterocycles. The summed E-state index contributed by atoms with van der Waals surface area (Å²) in [7, 11) is 0. The summed E-state index contributed by atoms with van der Waals surface area (Å²) in [5.41, 5.74) is 8.20. The summed E-state index contributed by atoms with van der Waals surface area (Å²) >= 11 is 0. The van der Waals surface area contributed by atoms with Crippen molar-refractivity contribution in [2.75, 3.05) is 17.6 Å². The average molecular weight is 437 g/mol. The Balaban J connectivity index is 1.70. The minimum atomic E-state index is -0.754. The summed E-state index contributed by atoms with van der Waals surface area (Å²) < 4.78 is 11.5. The Bertz CT molecular complexity index is 1080. The highest BCUT2D eigenvalue weighted by atomic mass is 16.6. The van der Waals surface area contributed by atoms with Gasteiger partial charge in [0.25, 0.3) is 0 Å². The van der Waals surface area contributed by atoms with Crippen molar-refractivity contribution in [1.29, 1.82) is 0 Å². The maximum Gasteiger partial charge on any atom is 0.408 e. The Morgan fingerprint density at radius 2 is 1.78 bits per heavy atom. The number of fused-ring (bicyclic) bond motifs is 1. The van der Waals surface area contributed by atoms with Gasteiger partial charge in [0.15, 0.2) is 0 Å². The van der Waals surface area contributed by atoms with Crippen molar-refractivity contribution in [2.24, 2.45) is 0 Å². The van der Waals surface area contributed by atoms with Crippen LogP contribution in [0.15, 0.2) is 54.7 Å². The van der Waals surface area contributed by atoms with Crippen LogP contribution in [0.25, 0.3) is 10.9 Å². The molecule has 170 valence electrons. The number of benzene rings is 2. The third-order valence-corrected chi connectivity index (χ3v) is 4.66. The van der Waals surface area contributed by atoms with Crippen LogP contribution in [0, 0.1) is 0 Å². The topological polar surface area (TPSA) is 98.5 Å². The van der Waals surface area contributed by atoms with Crippen molar-refractivity contribution in [2.45, 2.75) is 52.4 Å². The number of anilines is 2. The highest BCUT2D eigenvalue weighted by molar-refractivity contribution is 5.97. The lowest BCUT2D eigenvalue weighted by molar-refractivity contribution is 0.0439. The van der Waals surface area contributed by atoms with Gasteiger partial charge in [-0.05, 0) is 52.3 Å². The van der Waals surface area contributed by atoms with E-state index in [0.29, 0.717) is 18.8 Å². The molecule has 7 heteroatoms. The summed E-state index contributed by atoms with van der Waals surface area (Å²) in [5.74, 6) is 0.729. The fraction of sp³-hybridized carbons (Fsp3) is 0.360. The van der Waals surface area contributed by atoms with E-state index in [1.165, 1.54) is 0 Å². The van der Waals surface area contributed by atoms with Crippen LogP contribution in [0.2, 0.25) is 0 Å². The molecule has 1 aromatic heterocycles. The van der Waals surface area contributed by atoms with E-state index in [4.69, 9.17) is 15.2 Å². The van der Waals surface area contributed by atoms with Crippen molar-refractivity contribution in [3.63, 3.8) is 0 Å². The molecule has 0 atom stereocenters. The van der Waals surface area contributed by atoms with Gasteiger partial charge in [0.2, 0.25) is 0 Å². The van der Waals surface area contributed by atoms with Crippen LogP contribution in [-0.2, 0) is 11.3 Å². The number of carbonyl (C=O) groups excluding carboxylic acids is 1. The van der Waals surface area contributed by atoms with E-state index in [1.54, 1.807) is 6.20 Å². The van der Waals surface area contributed by atoms with Crippen LogP contribution in [0.4, 0.5) is 16.2 Å². The Hall–Kier alpha value is -3.48. The molecule has 3 rings (SSSR count). The normalized spacial score (nSPS) is 11.8. The molecule has 4 N–H and O–H groups in total. The minimum Gasteiger partial charge on any atom is -0.489 e. The van der Waals surface area contributed by atoms with Crippen LogP contribution in [-0.4, -0.2) is 28.8 Å². The second-order valence-electron chi connectivity index (χ2n) is 9.42. The third-order valence-electron chi connectivity index (χ3n) is 4.66. The van der Waals surface area contributed by atoms with Gasteiger partial charge in [0.1, 0.15) is 18.0 Å². The first-order valence-corrected chi connectivity index (χ1v) is 10.6. The number of hydrogen-bond donors (Lipinski definition) is 3. The number of nitrogens with one attached hydrogen (secondary N) is 2. The molecule has 0 fully saturated rings. The second kappa shape index (κ2) is 9.34. The predicted molar refractivity (Wildman–Crippen MR) is 129 cm³/mol. The minimum absolute atomic E-state index is 0.368. The number of alkyl carbamates (subject to hydrolysis) is 1. The van der Waals surface area contributed by atoms with Crippen LogP contribution in [0.5, 0.6) is 5.75 Å². The van der Waals surface area contributed by atoms with Crippen molar-refractivity contribution in [1.82, 2.24) is 10.3 Å². The second-order valence-corrected chi connectivity index (χ2v) is 9.42. The summed E-state index contributed by atoms with van der Waals surface area (Å²) in [6, 6.07) is 15.7. The highest BCUT2D eigenvalue weighted by Crippen LogP contribution is 2.31. The van der Waals surface area contributed by atoms with E-state index in [-0.39, 0.29) is 5.54 Å². The average Bonchev–Trinajstić information content (AvgIpc) is 2.70. The number of amides is 1. The van der Waals surface area contributed by atoms with Gasteiger partial charge >= 0.3 is 6.09 Å². The number of ether oxygens (including phenoxy) is 2. The van der Waals surface area contributed by atoms with E-state index in [0.717, 1.165) is 27.9 Å². The lowest BCUT2D eigenvalue weighted by atomic mass is 10.1. The molecule has 2 aromatic carbocycles. The maximum atomic E-state index is 12.2. The fourth-order valence-electron chi connectivity index (χ4n) is 3.14. The lowest BCUT2D eigenvalue weighted by Crippen LogP contribution is -2.46. The molecule has 0 radical (unpaired) electrons. The quantitative estimate of drug-likeness (QED) is 0.476. The smallest absolute Gasteiger partial charge is 0.408 e. The lowest BCUT2D eigenvalue weighted by Gasteiger charge is -2.29. The first kappa shape index (κ1) is 23.2. The Morgan fingerprint density at radius 3 is 2.47 bits per heavy atom. The highest BCUT2D eigenvalue weighted by Gasteiger charge is 2.25. The number of hydrogen-bond acceptors (Lipinski definition) is 6. The zero-order chi connectivity index (χ0) is 23.4. The maximum absolute atomic E-state index is 12.2. The monoisotopic (exact) mass is 436 g/mol. The number of nitrogens with two attached hydrogens (primary N) is 1. The molecule has 7 nitrogen and oxygen atoms in total. The zero-order valence-electron chi connectivity index (χ0n) is 19.4. The van der Waals surface area contributed by atoms with Crippen LogP contribution in [0.1, 0.15) is 40.2 Å². The summed E-state index contributed by atoms with van der Waals surface area (Å²) in [5, 5.41) is 7.01. The molecule has 1 heterocycles. The van der Waals surface area contributed by atoms with Gasteiger partial charge in [-0.3, -0.25) is 4.98 Å². The molecule has 0 saturated carbocycles. The number of aromatic nitrogens is 1. The van der Waals surface area contributed by atoms with Crippen LogP contribution in [0.3, 0.4) is 0 Å². The van der Waals surface area contributed by atoms with Gasteiger partial charge in [0.05, 0.1) is 29.6 Å². The molecule has 0 unspecified atom stereocenters. The molecule has 0 aliphatic rings. The number of rotatable bonds is 7. The van der Waals surface area contributed by atoms with Gasteiger partial charge < -0.3 is 25.8 Å². The van der Waals surface area contributed by atoms with Crippen molar-refractivity contribution in [3.05, 3.63) is 60.3 Å². The van der Waals surface area contributed by atoms with Gasteiger partial charge in [-0.25, -0.2) is 4.79 Å². The summed E-state index contributed by atoms with van der Waals surface area (Å²) in [4.78, 5) is 16.6. The number of nitrogen functional groups attached to an aromatic ring is 1. The van der Waals surface area contributed by atoms with Crippen molar-refractivity contribution < 1.29 is 14.3 Å². The fourth-order valence-corrected chi connectivity index (χ4v) is 3.14. The van der Waals surface area contributed by atoms with E-state index in [9.17, 15) is 4.79 Å². The Labute approximate surface area is 189 Å². The van der Waals surface area contributed by atoms with Crippen molar-refractivity contribution in [3.8, 4) is 5.75 Å².